The number of rotatable bonds is 9. The van der Waals surface area contributed by atoms with Crippen molar-refractivity contribution in [2.75, 3.05) is 14.7 Å². The molecule has 3 heteroatoms. The van der Waals surface area contributed by atoms with E-state index in [-0.39, 0.29) is 0 Å². The molecule has 0 N–H and O–H groups in total. The van der Waals surface area contributed by atoms with Crippen LogP contribution in [0.3, 0.4) is 0 Å². The van der Waals surface area contributed by atoms with E-state index in [0.29, 0.717) is 0 Å². The summed E-state index contributed by atoms with van der Waals surface area (Å²) in [5, 5.41) is 0. The molecule has 3 nitrogen and oxygen atoms in total. The van der Waals surface area contributed by atoms with Crippen LogP contribution in [-0.2, 0) is 5.41 Å². The number of aryl methyl sites for hydroxylation is 8. The van der Waals surface area contributed by atoms with Crippen molar-refractivity contribution < 1.29 is 0 Å². The number of nitrogens with zero attached hydrogens (tertiary/aromatic N) is 3. The van der Waals surface area contributed by atoms with Crippen LogP contribution in [0.1, 0.15) is 111 Å². The fourth-order valence-corrected chi connectivity index (χ4v) is 12.5. The first kappa shape index (κ1) is 49.9. The van der Waals surface area contributed by atoms with Crippen molar-refractivity contribution in [2.45, 2.75) is 116 Å². The fourth-order valence-electron chi connectivity index (χ4n) is 12.5. The summed E-state index contributed by atoms with van der Waals surface area (Å²) < 4.78 is 0. The summed E-state index contributed by atoms with van der Waals surface area (Å²) in [4.78, 5) is 7.70. The Hall–Kier alpha value is -7.62. The van der Waals surface area contributed by atoms with Gasteiger partial charge in [-0.2, -0.15) is 0 Å². The molecule has 9 aromatic rings. The summed E-state index contributed by atoms with van der Waals surface area (Å²) in [6.45, 7) is 36.6. The maximum Gasteiger partial charge on any atom is 0.0743 e. The molecule has 1 heterocycles. The van der Waals surface area contributed by atoms with Gasteiger partial charge in [-0.15, -0.1) is 0 Å². The SMILES string of the molecule is Cc1cc(C)c(C)c(N(c2cccc(C3(c4cccc(N(c5c(C)c(C)cc(C)c5C)c5c(C)c(C)cc(C)c5C)c4)c4ccccc4N(c4ccccc4)c4ccccc43)c2)c2c(C)c(C)cc(C)c2C)c1C. The van der Waals surface area contributed by atoms with Gasteiger partial charge in [-0.05, 0) is 271 Å². The minimum atomic E-state index is -0.791. The molecule has 0 aliphatic carbocycles. The number of hydrogen-bond donors (Lipinski definition) is 0. The fraction of sp³-hybridized carbons (Fsp3) is 0.239. The average molecular weight is 968 g/mol. The van der Waals surface area contributed by atoms with Gasteiger partial charge >= 0.3 is 0 Å². The summed E-state index contributed by atoms with van der Waals surface area (Å²) >= 11 is 0. The molecule has 0 atom stereocenters. The molecule has 0 saturated carbocycles. The molecule has 0 spiro atoms. The molecule has 74 heavy (non-hydrogen) atoms. The van der Waals surface area contributed by atoms with Crippen LogP contribution < -0.4 is 14.7 Å². The largest absolute Gasteiger partial charge is 0.310 e. The Morgan fingerprint density at radius 2 is 0.568 bits per heavy atom. The van der Waals surface area contributed by atoms with E-state index in [4.69, 9.17) is 0 Å². The van der Waals surface area contributed by atoms with Crippen LogP contribution in [0.5, 0.6) is 0 Å². The summed E-state index contributed by atoms with van der Waals surface area (Å²) in [6, 6.07) is 57.8. The molecule has 0 fully saturated rings. The molecule has 0 amide bonds. The maximum absolute atomic E-state index is 2.61. The summed E-state index contributed by atoms with van der Waals surface area (Å²) in [7, 11) is 0. The Balaban J connectivity index is 1.36. The summed E-state index contributed by atoms with van der Waals surface area (Å²) in [5.41, 5.74) is 35.5. The first-order valence-electron chi connectivity index (χ1n) is 26.5. The second-order valence-electron chi connectivity index (χ2n) is 21.7. The van der Waals surface area contributed by atoms with Crippen molar-refractivity contribution in [1.82, 2.24) is 0 Å². The van der Waals surface area contributed by atoms with Crippen LogP contribution in [-0.4, -0.2) is 0 Å². The number of benzene rings is 9. The zero-order valence-electron chi connectivity index (χ0n) is 46.8. The third-order valence-electron chi connectivity index (χ3n) is 17.4. The molecule has 372 valence electrons. The molecule has 0 aromatic heterocycles. The summed E-state index contributed by atoms with van der Waals surface area (Å²) in [5.74, 6) is 0. The smallest absolute Gasteiger partial charge is 0.0743 e. The number of fused-ring (bicyclic) bond motifs is 2. The van der Waals surface area contributed by atoms with Gasteiger partial charge in [-0.1, -0.05) is 103 Å². The van der Waals surface area contributed by atoms with Gasteiger partial charge in [-0.25, -0.2) is 0 Å². The van der Waals surface area contributed by atoms with Crippen molar-refractivity contribution in [2.24, 2.45) is 0 Å². The van der Waals surface area contributed by atoms with Gasteiger partial charge < -0.3 is 14.7 Å². The maximum atomic E-state index is 2.61. The normalized spacial score (nSPS) is 12.7. The Morgan fingerprint density at radius 3 is 0.878 bits per heavy atom. The standard InChI is InChI=1S/C71H73N3/c1-42-36-43(2)51(10)67(50(42)9)73(68-52(11)44(3)37-45(4)53(68)12)61-30-24-26-58(40-61)71(63-32-20-22-34-65(63)72(60-28-18-17-19-29-60)66-35-23-21-33-64(66)71)59-27-25-31-62(41-59)74(69-54(13)46(5)38-47(6)55(69)14)70-56(15)48(7)39-49(8)57(70)16/h17-41H,1-16H3. The lowest BCUT2D eigenvalue weighted by molar-refractivity contribution is 0.731. The quantitative estimate of drug-likeness (QED) is 0.143. The molecule has 0 saturated heterocycles. The van der Waals surface area contributed by atoms with Crippen LogP contribution in [0.4, 0.5) is 51.2 Å². The van der Waals surface area contributed by atoms with Crippen molar-refractivity contribution >= 4 is 51.2 Å². The van der Waals surface area contributed by atoms with Crippen molar-refractivity contribution in [1.29, 1.82) is 0 Å². The van der Waals surface area contributed by atoms with Crippen LogP contribution in [0.15, 0.2) is 152 Å². The molecule has 0 unspecified atom stereocenters. The van der Waals surface area contributed by atoms with E-state index in [1.807, 2.05) is 0 Å². The van der Waals surface area contributed by atoms with Gasteiger partial charge in [0.2, 0.25) is 0 Å². The van der Waals surface area contributed by atoms with Gasteiger partial charge in [0.25, 0.3) is 0 Å². The Morgan fingerprint density at radius 1 is 0.284 bits per heavy atom. The van der Waals surface area contributed by atoms with E-state index >= 15 is 0 Å². The average Bonchev–Trinajstić information content (AvgIpc) is 3.39. The minimum Gasteiger partial charge on any atom is -0.310 e. The third kappa shape index (κ3) is 7.78. The molecule has 0 bridgehead atoms. The molecule has 0 radical (unpaired) electrons. The first-order valence-corrected chi connectivity index (χ1v) is 26.5. The lowest BCUT2D eigenvalue weighted by atomic mass is 9.62. The molecule has 9 aromatic carbocycles. The van der Waals surface area contributed by atoms with Crippen LogP contribution >= 0.6 is 0 Å². The van der Waals surface area contributed by atoms with Crippen LogP contribution in [0.25, 0.3) is 0 Å². The zero-order valence-corrected chi connectivity index (χ0v) is 46.8. The highest BCUT2D eigenvalue weighted by Crippen LogP contribution is 2.59. The topological polar surface area (TPSA) is 9.72 Å². The van der Waals surface area contributed by atoms with Gasteiger partial charge in [0.05, 0.1) is 39.5 Å². The molecular weight excluding hydrogens is 895 g/mol. The van der Waals surface area contributed by atoms with Gasteiger partial charge in [0.1, 0.15) is 0 Å². The highest BCUT2D eigenvalue weighted by atomic mass is 15.2. The predicted molar refractivity (Wildman–Crippen MR) is 318 cm³/mol. The second-order valence-corrected chi connectivity index (χ2v) is 21.7. The number of anilines is 9. The number of hydrogen-bond acceptors (Lipinski definition) is 3. The van der Waals surface area contributed by atoms with Crippen LogP contribution in [0.2, 0.25) is 0 Å². The molecule has 1 aliphatic rings. The van der Waals surface area contributed by atoms with Crippen LogP contribution in [0, 0.1) is 111 Å². The van der Waals surface area contributed by atoms with E-state index in [2.05, 4.69) is 277 Å². The highest BCUT2D eigenvalue weighted by Gasteiger charge is 2.47. The highest BCUT2D eigenvalue weighted by molar-refractivity contribution is 5.92. The monoisotopic (exact) mass is 968 g/mol. The van der Waals surface area contributed by atoms with E-state index < -0.39 is 5.41 Å². The van der Waals surface area contributed by atoms with Gasteiger partial charge in [0.15, 0.2) is 0 Å². The lowest BCUT2D eigenvalue weighted by Gasteiger charge is -2.47. The van der Waals surface area contributed by atoms with E-state index in [0.717, 1.165) is 28.4 Å². The first-order chi connectivity index (χ1) is 35.4. The Bertz CT molecular complexity index is 3250. The van der Waals surface area contributed by atoms with Crippen molar-refractivity contribution in [3.63, 3.8) is 0 Å². The minimum absolute atomic E-state index is 0.791. The lowest BCUT2D eigenvalue weighted by Crippen LogP contribution is -2.38. The molecule has 1 aliphatic heterocycles. The predicted octanol–water partition coefficient (Wildman–Crippen LogP) is 19.7. The van der Waals surface area contributed by atoms with E-state index in [1.165, 1.54) is 134 Å². The molecule has 10 rings (SSSR count). The Labute approximate surface area is 442 Å². The van der Waals surface area contributed by atoms with E-state index in [1.54, 1.807) is 0 Å². The van der Waals surface area contributed by atoms with Gasteiger partial charge in [0, 0.05) is 17.1 Å². The third-order valence-corrected chi connectivity index (χ3v) is 17.4. The Kier molecular flexibility index (Phi) is 12.8. The molecular formula is C71H73N3. The van der Waals surface area contributed by atoms with E-state index in [9.17, 15) is 0 Å². The number of para-hydroxylation sites is 3. The second kappa shape index (κ2) is 19.0. The van der Waals surface area contributed by atoms with Crippen molar-refractivity contribution in [3.05, 3.63) is 263 Å². The van der Waals surface area contributed by atoms with Gasteiger partial charge in [-0.3, -0.25) is 0 Å². The zero-order chi connectivity index (χ0) is 52.7. The summed E-state index contributed by atoms with van der Waals surface area (Å²) in [6.07, 6.45) is 0. The van der Waals surface area contributed by atoms with Crippen molar-refractivity contribution in [3.8, 4) is 0 Å².